The third-order valence-corrected chi connectivity index (χ3v) is 5.49. The molecule has 0 aromatic heterocycles. The smallest absolute Gasteiger partial charge is 0.230 e. The molecule has 1 aliphatic carbocycles. The van der Waals surface area contributed by atoms with E-state index in [0.717, 1.165) is 43.2 Å². The monoisotopic (exact) mass is 386 g/mol. The lowest BCUT2D eigenvalue weighted by atomic mass is 9.78. The first-order chi connectivity index (χ1) is 10.2. The van der Waals surface area contributed by atoms with Crippen LogP contribution in [0.25, 0.3) is 0 Å². The van der Waals surface area contributed by atoms with Gasteiger partial charge < -0.3 is 10.6 Å². The van der Waals surface area contributed by atoms with Gasteiger partial charge in [-0.25, -0.2) is 0 Å². The van der Waals surface area contributed by atoms with Gasteiger partial charge in [-0.05, 0) is 49.9 Å². The second kappa shape index (κ2) is 7.80. The maximum Gasteiger partial charge on any atom is 0.230 e. The predicted molar refractivity (Wildman–Crippen MR) is 95.6 cm³/mol. The lowest BCUT2D eigenvalue weighted by Gasteiger charge is -2.29. The SMILES string of the molecule is Cl.O=C(NCC1CCCN1)C1(c2ccc(Br)cc2)CCCC1. The van der Waals surface area contributed by atoms with Gasteiger partial charge in [0.15, 0.2) is 0 Å². The average molecular weight is 388 g/mol. The van der Waals surface area contributed by atoms with Crippen molar-refractivity contribution in [3.63, 3.8) is 0 Å². The number of halogens is 2. The Morgan fingerprint density at radius 3 is 2.50 bits per heavy atom. The molecule has 0 spiro atoms. The van der Waals surface area contributed by atoms with E-state index in [1.165, 1.54) is 18.4 Å². The van der Waals surface area contributed by atoms with Crippen molar-refractivity contribution in [3.8, 4) is 0 Å². The zero-order valence-corrected chi connectivity index (χ0v) is 15.1. The molecule has 0 bridgehead atoms. The minimum atomic E-state index is -0.306. The Morgan fingerprint density at radius 1 is 1.23 bits per heavy atom. The van der Waals surface area contributed by atoms with E-state index in [-0.39, 0.29) is 23.7 Å². The van der Waals surface area contributed by atoms with Crippen LogP contribution in [0.5, 0.6) is 0 Å². The first-order valence-corrected chi connectivity index (χ1v) is 8.78. The fraction of sp³-hybridized carbons (Fsp3) is 0.588. The van der Waals surface area contributed by atoms with Crippen LogP contribution in [0.4, 0.5) is 0 Å². The lowest BCUT2D eigenvalue weighted by Crippen LogP contribution is -2.46. The van der Waals surface area contributed by atoms with E-state index in [0.29, 0.717) is 6.04 Å². The number of benzene rings is 1. The molecule has 2 fully saturated rings. The minimum absolute atomic E-state index is 0. The number of carbonyl (C=O) groups excluding carboxylic acids is 1. The number of carbonyl (C=O) groups is 1. The van der Waals surface area contributed by atoms with Crippen molar-refractivity contribution >= 4 is 34.2 Å². The van der Waals surface area contributed by atoms with Crippen LogP contribution in [0.1, 0.15) is 44.1 Å². The number of nitrogens with one attached hydrogen (secondary N) is 2. The molecule has 1 aromatic rings. The highest BCUT2D eigenvalue weighted by Gasteiger charge is 2.42. The van der Waals surface area contributed by atoms with Crippen LogP contribution in [0, 0.1) is 0 Å². The quantitative estimate of drug-likeness (QED) is 0.829. The average Bonchev–Trinajstić information content (AvgIpc) is 3.17. The summed E-state index contributed by atoms with van der Waals surface area (Å²) in [4.78, 5) is 12.9. The van der Waals surface area contributed by atoms with E-state index in [1.807, 2.05) is 12.1 Å². The van der Waals surface area contributed by atoms with Crippen molar-refractivity contribution in [2.75, 3.05) is 13.1 Å². The Labute approximate surface area is 147 Å². The zero-order chi connectivity index (χ0) is 14.7. The van der Waals surface area contributed by atoms with Gasteiger partial charge in [0.2, 0.25) is 5.91 Å². The van der Waals surface area contributed by atoms with Crippen LogP contribution in [-0.4, -0.2) is 25.0 Å². The van der Waals surface area contributed by atoms with Gasteiger partial charge in [0.25, 0.3) is 0 Å². The molecule has 1 amide bonds. The molecule has 2 N–H and O–H groups in total. The fourth-order valence-electron chi connectivity index (χ4n) is 3.71. The second-order valence-corrected chi connectivity index (χ2v) is 7.22. The fourth-order valence-corrected chi connectivity index (χ4v) is 3.97. The molecule has 122 valence electrons. The van der Waals surface area contributed by atoms with Crippen molar-refractivity contribution in [2.45, 2.75) is 50.0 Å². The Bertz CT molecular complexity index is 494. The molecule has 1 saturated carbocycles. The number of hydrogen-bond acceptors (Lipinski definition) is 2. The Hall–Kier alpha value is -0.580. The zero-order valence-electron chi connectivity index (χ0n) is 12.7. The third kappa shape index (κ3) is 3.66. The van der Waals surface area contributed by atoms with Gasteiger partial charge in [-0.15, -0.1) is 12.4 Å². The van der Waals surface area contributed by atoms with E-state index in [9.17, 15) is 4.79 Å². The largest absolute Gasteiger partial charge is 0.354 e. The number of rotatable bonds is 4. The summed E-state index contributed by atoms with van der Waals surface area (Å²) in [6, 6.07) is 8.74. The molecule has 3 rings (SSSR count). The Morgan fingerprint density at radius 2 is 1.91 bits per heavy atom. The van der Waals surface area contributed by atoms with Crippen LogP contribution in [0.15, 0.2) is 28.7 Å². The van der Waals surface area contributed by atoms with E-state index < -0.39 is 0 Å². The molecule has 3 nitrogen and oxygen atoms in total. The molecule has 0 radical (unpaired) electrons. The van der Waals surface area contributed by atoms with Gasteiger partial charge in [-0.3, -0.25) is 4.79 Å². The summed E-state index contributed by atoms with van der Waals surface area (Å²) in [5.41, 5.74) is 0.860. The van der Waals surface area contributed by atoms with Gasteiger partial charge in [0.05, 0.1) is 5.41 Å². The Balaban J connectivity index is 0.00000176. The van der Waals surface area contributed by atoms with Crippen molar-refractivity contribution in [1.82, 2.24) is 10.6 Å². The van der Waals surface area contributed by atoms with Crippen molar-refractivity contribution in [1.29, 1.82) is 0 Å². The molecular formula is C17H24BrClN2O. The van der Waals surface area contributed by atoms with Gasteiger partial charge >= 0.3 is 0 Å². The molecule has 22 heavy (non-hydrogen) atoms. The molecule has 1 atom stereocenters. The first-order valence-electron chi connectivity index (χ1n) is 7.98. The number of hydrogen-bond donors (Lipinski definition) is 2. The predicted octanol–water partition coefficient (Wildman–Crippen LogP) is 3.55. The molecule has 1 saturated heterocycles. The summed E-state index contributed by atoms with van der Waals surface area (Å²) in [7, 11) is 0. The summed E-state index contributed by atoms with van der Waals surface area (Å²) in [5.74, 6) is 0.219. The van der Waals surface area contributed by atoms with Gasteiger partial charge in [0, 0.05) is 17.1 Å². The van der Waals surface area contributed by atoms with Gasteiger partial charge in [0.1, 0.15) is 0 Å². The van der Waals surface area contributed by atoms with E-state index >= 15 is 0 Å². The highest BCUT2D eigenvalue weighted by Crippen LogP contribution is 2.41. The number of amides is 1. The van der Waals surface area contributed by atoms with Gasteiger partial charge in [-0.2, -0.15) is 0 Å². The molecule has 1 aliphatic heterocycles. The summed E-state index contributed by atoms with van der Waals surface area (Å²) < 4.78 is 1.06. The topological polar surface area (TPSA) is 41.1 Å². The normalized spacial score (nSPS) is 23.0. The molecule has 1 aromatic carbocycles. The molecule has 2 aliphatic rings. The molecule has 1 unspecified atom stereocenters. The highest BCUT2D eigenvalue weighted by atomic mass is 79.9. The second-order valence-electron chi connectivity index (χ2n) is 6.30. The third-order valence-electron chi connectivity index (χ3n) is 4.96. The van der Waals surface area contributed by atoms with Crippen LogP contribution >= 0.6 is 28.3 Å². The standard InChI is InChI=1S/C17H23BrN2O.ClH/c18-14-7-5-13(6-8-14)17(9-1-2-10-17)16(21)20-12-15-4-3-11-19-15;/h5-8,15,19H,1-4,9-12H2,(H,20,21);1H. The highest BCUT2D eigenvalue weighted by molar-refractivity contribution is 9.10. The molecule has 5 heteroatoms. The maximum atomic E-state index is 12.9. The van der Waals surface area contributed by atoms with Gasteiger partial charge in [-0.1, -0.05) is 40.9 Å². The van der Waals surface area contributed by atoms with E-state index in [4.69, 9.17) is 0 Å². The van der Waals surface area contributed by atoms with Crippen LogP contribution in [-0.2, 0) is 10.2 Å². The summed E-state index contributed by atoms with van der Waals surface area (Å²) in [6.45, 7) is 1.84. The van der Waals surface area contributed by atoms with Crippen LogP contribution in [0.2, 0.25) is 0 Å². The molecule has 1 heterocycles. The maximum absolute atomic E-state index is 12.9. The molecular weight excluding hydrogens is 364 g/mol. The van der Waals surface area contributed by atoms with Crippen molar-refractivity contribution in [3.05, 3.63) is 34.3 Å². The Kier molecular flexibility index (Phi) is 6.30. The van der Waals surface area contributed by atoms with E-state index in [1.54, 1.807) is 0 Å². The van der Waals surface area contributed by atoms with Crippen LogP contribution < -0.4 is 10.6 Å². The first kappa shape index (κ1) is 17.8. The van der Waals surface area contributed by atoms with Crippen LogP contribution in [0.3, 0.4) is 0 Å². The van der Waals surface area contributed by atoms with E-state index in [2.05, 4.69) is 38.7 Å². The summed E-state index contributed by atoms with van der Waals surface area (Å²) >= 11 is 3.48. The minimum Gasteiger partial charge on any atom is -0.354 e. The van der Waals surface area contributed by atoms with Crippen molar-refractivity contribution < 1.29 is 4.79 Å². The summed E-state index contributed by atoms with van der Waals surface area (Å²) in [6.07, 6.45) is 6.62. The van der Waals surface area contributed by atoms with Crippen molar-refractivity contribution in [2.24, 2.45) is 0 Å². The summed E-state index contributed by atoms with van der Waals surface area (Å²) in [5, 5.41) is 6.65. The lowest BCUT2D eigenvalue weighted by molar-refractivity contribution is -0.126.